The van der Waals surface area contributed by atoms with Crippen LogP contribution in [-0.4, -0.2) is 68.6 Å². The summed E-state index contributed by atoms with van der Waals surface area (Å²) in [5.74, 6) is -0.00346. The van der Waals surface area contributed by atoms with Gasteiger partial charge in [-0.1, -0.05) is 11.6 Å². The minimum absolute atomic E-state index is 0. The number of rotatable bonds is 10. The number of hydrogen-bond acceptors (Lipinski definition) is 6. The zero-order chi connectivity index (χ0) is 19.0. The highest BCUT2D eigenvalue weighted by atomic mass is 35.5. The molecule has 0 aliphatic heterocycles. The molecule has 7 nitrogen and oxygen atoms in total. The molecule has 1 unspecified atom stereocenters. The van der Waals surface area contributed by atoms with E-state index in [0.717, 1.165) is 0 Å². The molecular formula is C17H28Cl2N2O5. The Morgan fingerprint density at radius 1 is 1.35 bits per heavy atom. The van der Waals surface area contributed by atoms with E-state index in [9.17, 15) is 9.90 Å². The number of carbonyl (C=O) groups is 1. The van der Waals surface area contributed by atoms with Gasteiger partial charge in [-0.25, -0.2) is 0 Å². The number of ether oxygens (including phenoxy) is 3. The first-order valence-corrected chi connectivity index (χ1v) is 8.39. The van der Waals surface area contributed by atoms with Crippen molar-refractivity contribution in [1.82, 2.24) is 4.90 Å². The van der Waals surface area contributed by atoms with Crippen molar-refractivity contribution in [2.24, 2.45) is 0 Å². The number of anilines is 1. The largest absolute Gasteiger partial charge is 0.496 e. The highest BCUT2D eigenvalue weighted by molar-refractivity contribution is 6.33. The molecule has 0 heterocycles. The van der Waals surface area contributed by atoms with E-state index >= 15 is 0 Å². The molecule has 150 valence electrons. The van der Waals surface area contributed by atoms with Crippen LogP contribution in [0.15, 0.2) is 12.1 Å². The third-order valence-electron chi connectivity index (χ3n) is 3.37. The topological polar surface area (TPSA) is 94.3 Å². The first-order valence-electron chi connectivity index (χ1n) is 8.02. The fraction of sp³-hybridized carbons (Fsp3) is 0.588. The Bertz CT molecular complexity index is 572. The van der Waals surface area contributed by atoms with Gasteiger partial charge in [0.05, 0.1) is 55.4 Å². The second-order valence-electron chi connectivity index (χ2n) is 5.91. The molecular weight excluding hydrogens is 383 g/mol. The third-order valence-corrected chi connectivity index (χ3v) is 3.70. The molecule has 0 aromatic heterocycles. The molecule has 1 amide bonds. The van der Waals surface area contributed by atoms with Gasteiger partial charge in [-0.2, -0.15) is 0 Å². The van der Waals surface area contributed by atoms with E-state index in [-0.39, 0.29) is 48.2 Å². The van der Waals surface area contributed by atoms with Gasteiger partial charge >= 0.3 is 0 Å². The van der Waals surface area contributed by atoms with Crippen LogP contribution in [0.2, 0.25) is 5.02 Å². The number of carbonyl (C=O) groups excluding carboxylic acids is 1. The molecule has 0 aliphatic rings. The highest BCUT2D eigenvalue weighted by Crippen LogP contribution is 2.29. The van der Waals surface area contributed by atoms with Crippen LogP contribution in [0.1, 0.15) is 24.2 Å². The fourth-order valence-corrected chi connectivity index (χ4v) is 2.29. The first kappa shape index (κ1) is 24.8. The lowest BCUT2D eigenvalue weighted by Crippen LogP contribution is -2.36. The van der Waals surface area contributed by atoms with E-state index in [4.69, 9.17) is 31.5 Å². The van der Waals surface area contributed by atoms with E-state index in [1.54, 1.807) is 7.05 Å². The van der Waals surface area contributed by atoms with Crippen LogP contribution in [-0.2, 0) is 9.47 Å². The minimum Gasteiger partial charge on any atom is -0.496 e. The molecule has 1 aromatic rings. The summed E-state index contributed by atoms with van der Waals surface area (Å²) in [6.07, 6.45) is -0.678. The summed E-state index contributed by atoms with van der Waals surface area (Å²) in [6.45, 7) is 4.93. The Morgan fingerprint density at radius 3 is 2.58 bits per heavy atom. The Labute approximate surface area is 165 Å². The van der Waals surface area contributed by atoms with Crippen molar-refractivity contribution in [3.63, 3.8) is 0 Å². The Kier molecular flexibility index (Phi) is 11.6. The van der Waals surface area contributed by atoms with Crippen LogP contribution < -0.4 is 10.5 Å². The van der Waals surface area contributed by atoms with E-state index in [2.05, 4.69) is 0 Å². The number of nitrogens with two attached hydrogens (primary N) is 1. The molecule has 1 aromatic carbocycles. The van der Waals surface area contributed by atoms with Gasteiger partial charge in [-0.3, -0.25) is 4.79 Å². The van der Waals surface area contributed by atoms with Crippen LogP contribution in [0, 0.1) is 0 Å². The van der Waals surface area contributed by atoms with Crippen molar-refractivity contribution in [1.29, 1.82) is 0 Å². The van der Waals surface area contributed by atoms with Crippen molar-refractivity contribution in [2.45, 2.75) is 26.1 Å². The molecule has 0 radical (unpaired) electrons. The molecule has 0 bridgehead atoms. The van der Waals surface area contributed by atoms with Crippen LogP contribution in [0.5, 0.6) is 5.75 Å². The summed E-state index contributed by atoms with van der Waals surface area (Å²) in [4.78, 5) is 13.9. The van der Waals surface area contributed by atoms with Gasteiger partial charge in [0, 0.05) is 19.7 Å². The smallest absolute Gasteiger partial charge is 0.257 e. The van der Waals surface area contributed by atoms with Crippen molar-refractivity contribution in [3.8, 4) is 5.75 Å². The highest BCUT2D eigenvalue weighted by Gasteiger charge is 2.20. The molecule has 3 N–H and O–H groups in total. The molecule has 0 fully saturated rings. The summed E-state index contributed by atoms with van der Waals surface area (Å²) >= 11 is 5.99. The summed E-state index contributed by atoms with van der Waals surface area (Å²) in [5, 5.41) is 10.3. The van der Waals surface area contributed by atoms with Crippen molar-refractivity contribution < 1.29 is 24.1 Å². The van der Waals surface area contributed by atoms with Gasteiger partial charge in [0.15, 0.2) is 0 Å². The van der Waals surface area contributed by atoms with Crippen molar-refractivity contribution >= 4 is 35.6 Å². The van der Waals surface area contributed by atoms with Crippen LogP contribution in [0.3, 0.4) is 0 Å². The van der Waals surface area contributed by atoms with E-state index in [1.165, 1.54) is 24.1 Å². The molecule has 0 saturated heterocycles. The van der Waals surface area contributed by atoms with Crippen molar-refractivity contribution in [2.75, 3.05) is 46.3 Å². The Balaban J connectivity index is 0.00000625. The number of likely N-dealkylation sites (N-methyl/N-ethyl adjacent to an activating group) is 1. The van der Waals surface area contributed by atoms with Gasteiger partial charge in [-0.05, 0) is 19.9 Å². The zero-order valence-corrected chi connectivity index (χ0v) is 17.1. The lowest BCUT2D eigenvalue weighted by atomic mass is 10.1. The zero-order valence-electron chi connectivity index (χ0n) is 15.5. The lowest BCUT2D eigenvalue weighted by Gasteiger charge is -2.22. The molecule has 0 spiro atoms. The summed E-state index contributed by atoms with van der Waals surface area (Å²) in [7, 11) is 3.03. The number of hydrogen-bond donors (Lipinski definition) is 2. The van der Waals surface area contributed by atoms with Crippen molar-refractivity contribution in [3.05, 3.63) is 22.7 Å². The van der Waals surface area contributed by atoms with Crippen LogP contribution >= 0.6 is 24.0 Å². The third kappa shape index (κ3) is 7.97. The summed E-state index contributed by atoms with van der Waals surface area (Å²) in [6, 6.07) is 2.96. The Hall–Kier alpha value is -1.25. The quantitative estimate of drug-likeness (QED) is 0.453. The molecule has 9 heteroatoms. The second-order valence-corrected chi connectivity index (χ2v) is 6.32. The normalized spacial score (nSPS) is 11.8. The maximum Gasteiger partial charge on any atom is 0.257 e. The van der Waals surface area contributed by atoms with Gasteiger partial charge in [-0.15, -0.1) is 12.4 Å². The van der Waals surface area contributed by atoms with E-state index in [0.29, 0.717) is 24.7 Å². The molecule has 0 aliphatic carbocycles. The Morgan fingerprint density at radius 2 is 2.00 bits per heavy atom. The van der Waals surface area contributed by atoms with Gasteiger partial charge < -0.3 is 30.0 Å². The number of methoxy groups -OCH3 is 1. The molecule has 1 atom stereocenters. The number of nitrogen functional groups attached to an aromatic ring is 1. The number of halogens is 2. The average molecular weight is 411 g/mol. The average Bonchev–Trinajstić information content (AvgIpc) is 2.55. The fourth-order valence-electron chi connectivity index (χ4n) is 2.12. The minimum atomic E-state index is -0.816. The van der Waals surface area contributed by atoms with Crippen LogP contribution in [0.4, 0.5) is 5.69 Å². The monoisotopic (exact) mass is 410 g/mol. The second kappa shape index (κ2) is 12.2. The number of nitrogens with zero attached hydrogens (tertiary/aromatic N) is 1. The van der Waals surface area contributed by atoms with E-state index < -0.39 is 6.10 Å². The van der Waals surface area contributed by atoms with Gasteiger partial charge in [0.1, 0.15) is 5.75 Å². The summed E-state index contributed by atoms with van der Waals surface area (Å²) in [5.41, 5.74) is 6.33. The number of aliphatic hydroxyl groups excluding tert-OH is 1. The molecule has 26 heavy (non-hydrogen) atoms. The maximum atomic E-state index is 12.5. The number of aliphatic hydroxyl groups is 1. The first-order chi connectivity index (χ1) is 11.8. The molecule has 0 saturated carbocycles. The standard InChI is InChI=1S/C17H27ClN2O5.ClH/c1-11(2)25-6-5-24-10-12(21)9-20(3)17(22)13-7-14(18)15(19)8-16(13)23-4;/h7-8,11-12,21H,5-6,9-10,19H2,1-4H3;1H. The van der Waals surface area contributed by atoms with Crippen LogP contribution in [0.25, 0.3) is 0 Å². The number of amides is 1. The lowest BCUT2D eigenvalue weighted by molar-refractivity contribution is -0.0160. The van der Waals surface area contributed by atoms with Gasteiger partial charge in [0.25, 0.3) is 5.91 Å². The molecule has 1 rings (SSSR count). The predicted molar refractivity (Wildman–Crippen MR) is 105 cm³/mol. The van der Waals surface area contributed by atoms with Gasteiger partial charge in [0.2, 0.25) is 0 Å². The maximum absolute atomic E-state index is 12.5. The number of benzene rings is 1. The SMILES string of the molecule is COc1cc(N)c(Cl)cc1C(=O)N(C)CC(O)COCCOC(C)C.Cl. The predicted octanol–water partition coefficient (Wildman–Crippen LogP) is 2.23. The van der Waals surface area contributed by atoms with E-state index in [1.807, 2.05) is 13.8 Å². The summed E-state index contributed by atoms with van der Waals surface area (Å²) < 4.78 is 15.9.